The van der Waals surface area contributed by atoms with Gasteiger partial charge in [0.2, 0.25) is 0 Å². The molecule has 3 N–H and O–H groups in total. The van der Waals surface area contributed by atoms with E-state index in [2.05, 4.69) is 0 Å². The van der Waals surface area contributed by atoms with E-state index in [1.807, 2.05) is 45.1 Å². The Morgan fingerprint density at radius 3 is 2.61 bits per heavy atom. The maximum atomic E-state index is 10.1. The van der Waals surface area contributed by atoms with Gasteiger partial charge in [0, 0.05) is 11.6 Å². The molecule has 0 bridgehead atoms. The molecule has 0 aliphatic carbocycles. The van der Waals surface area contributed by atoms with Gasteiger partial charge in [-0.1, -0.05) is 6.08 Å². The number of nitrogens with two attached hydrogens (primary N) is 1. The van der Waals surface area contributed by atoms with E-state index in [1.165, 1.54) is 0 Å². The summed E-state index contributed by atoms with van der Waals surface area (Å²) in [6.45, 7) is 7.81. The number of ether oxygens (including phenoxy) is 1. The maximum Gasteiger partial charge on any atom is 0.128 e. The second kappa shape index (κ2) is 4.41. The monoisotopic (exact) mass is 247 g/mol. The largest absolute Gasteiger partial charge is 0.483 e. The molecule has 1 aliphatic heterocycles. The third kappa shape index (κ3) is 2.42. The molecule has 3 nitrogen and oxygen atoms in total. The molecule has 2 rings (SSSR count). The number of hydrogen-bond donors (Lipinski definition) is 2. The number of rotatable bonds is 2. The van der Waals surface area contributed by atoms with Crippen molar-refractivity contribution in [3.8, 4) is 5.75 Å². The van der Waals surface area contributed by atoms with E-state index < -0.39 is 6.10 Å². The Labute approximate surface area is 108 Å². The number of fused-ring (bicyclic) bond motifs is 1. The van der Waals surface area contributed by atoms with Crippen LogP contribution in [0.25, 0.3) is 6.08 Å². The summed E-state index contributed by atoms with van der Waals surface area (Å²) in [5.41, 5.74) is 8.35. The average Bonchev–Trinajstić information content (AvgIpc) is 2.26. The van der Waals surface area contributed by atoms with E-state index >= 15 is 0 Å². The van der Waals surface area contributed by atoms with Gasteiger partial charge in [-0.3, -0.25) is 0 Å². The lowest BCUT2D eigenvalue weighted by atomic mass is 9.94. The van der Waals surface area contributed by atoms with Gasteiger partial charge in [-0.15, -0.1) is 0 Å². The molecule has 1 aliphatic rings. The highest BCUT2D eigenvalue weighted by molar-refractivity contribution is 5.63. The molecule has 2 unspecified atom stereocenters. The van der Waals surface area contributed by atoms with Crippen LogP contribution in [0.15, 0.2) is 18.2 Å². The Morgan fingerprint density at radius 2 is 2.00 bits per heavy atom. The molecular weight excluding hydrogens is 226 g/mol. The fourth-order valence-corrected chi connectivity index (χ4v) is 2.14. The topological polar surface area (TPSA) is 55.5 Å². The lowest BCUT2D eigenvalue weighted by molar-refractivity contribution is 0.150. The van der Waals surface area contributed by atoms with Crippen molar-refractivity contribution in [3.05, 3.63) is 34.9 Å². The van der Waals surface area contributed by atoms with Crippen LogP contribution < -0.4 is 10.5 Å². The standard InChI is InChI=1S/C15H21NO2/c1-9-7-13-11(5-6-15(3,4)18-13)8-12(9)14(17)10(2)16/h5-8,10,14,17H,16H2,1-4H3. The van der Waals surface area contributed by atoms with Gasteiger partial charge in [-0.05, 0) is 57.0 Å². The Morgan fingerprint density at radius 1 is 1.33 bits per heavy atom. The fourth-order valence-electron chi connectivity index (χ4n) is 2.14. The third-order valence-electron chi connectivity index (χ3n) is 3.25. The highest BCUT2D eigenvalue weighted by Crippen LogP contribution is 2.35. The number of hydrogen-bond acceptors (Lipinski definition) is 3. The van der Waals surface area contributed by atoms with Crippen LogP contribution in [0.5, 0.6) is 5.75 Å². The molecule has 0 fully saturated rings. The molecule has 2 atom stereocenters. The van der Waals surface area contributed by atoms with Crippen molar-refractivity contribution in [1.29, 1.82) is 0 Å². The quantitative estimate of drug-likeness (QED) is 0.844. The smallest absolute Gasteiger partial charge is 0.128 e. The van der Waals surface area contributed by atoms with Gasteiger partial charge >= 0.3 is 0 Å². The van der Waals surface area contributed by atoms with Crippen molar-refractivity contribution in [2.45, 2.75) is 45.4 Å². The van der Waals surface area contributed by atoms with Gasteiger partial charge in [0.25, 0.3) is 0 Å². The first kappa shape index (κ1) is 13.1. The molecule has 0 spiro atoms. The molecule has 0 saturated heterocycles. The van der Waals surface area contributed by atoms with Crippen molar-refractivity contribution >= 4 is 6.08 Å². The lowest BCUT2D eigenvalue weighted by Gasteiger charge is -2.29. The van der Waals surface area contributed by atoms with Crippen LogP contribution >= 0.6 is 0 Å². The van der Waals surface area contributed by atoms with Gasteiger partial charge in [0.1, 0.15) is 11.4 Å². The summed E-state index contributed by atoms with van der Waals surface area (Å²) < 4.78 is 5.90. The summed E-state index contributed by atoms with van der Waals surface area (Å²) in [4.78, 5) is 0. The maximum absolute atomic E-state index is 10.1. The van der Waals surface area contributed by atoms with Crippen molar-refractivity contribution in [3.63, 3.8) is 0 Å². The highest BCUT2D eigenvalue weighted by atomic mass is 16.5. The van der Waals surface area contributed by atoms with E-state index in [1.54, 1.807) is 6.92 Å². The zero-order valence-electron chi connectivity index (χ0n) is 11.4. The highest BCUT2D eigenvalue weighted by Gasteiger charge is 2.24. The predicted octanol–water partition coefficient (Wildman–Crippen LogP) is 2.56. The normalized spacial score (nSPS) is 19.9. The molecule has 0 radical (unpaired) electrons. The summed E-state index contributed by atoms with van der Waals surface area (Å²) in [6.07, 6.45) is 3.42. The molecule has 0 saturated carbocycles. The van der Waals surface area contributed by atoms with Crippen LogP contribution in [0.4, 0.5) is 0 Å². The van der Waals surface area contributed by atoms with Crippen molar-refractivity contribution in [2.24, 2.45) is 5.73 Å². The predicted molar refractivity (Wildman–Crippen MR) is 73.5 cm³/mol. The second-order valence-electron chi connectivity index (χ2n) is 5.59. The minimum absolute atomic E-state index is 0.277. The molecule has 1 aromatic rings. The van der Waals surface area contributed by atoms with Gasteiger partial charge < -0.3 is 15.6 Å². The van der Waals surface area contributed by atoms with Crippen LogP contribution in [-0.2, 0) is 0 Å². The number of aliphatic hydroxyl groups is 1. The summed E-state index contributed by atoms with van der Waals surface area (Å²) >= 11 is 0. The summed E-state index contributed by atoms with van der Waals surface area (Å²) in [7, 11) is 0. The molecule has 1 aromatic carbocycles. The molecule has 3 heteroatoms. The molecular formula is C15H21NO2. The molecule has 0 amide bonds. The van der Waals surface area contributed by atoms with Crippen molar-refractivity contribution in [1.82, 2.24) is 0 Å². The van der Waals surface area contributed by atoms with E-state index in [4.69, 9.17) is 10.5 Å². The second-order valence-corrected chi connectivity index (χ2v) is 5.59. The molecule has 18 heavy (non-hydrogen) atoms. The van der Waals surface area contributed by atoms with Gasteiger partial charge in [-0.2, -0.15) is 0 Å². The van der Waals surface area contributed by atoms with Crippen molar-refractivity contribution < 1.29 is 9.84 Å². The zero-order chi connectivity index (χ0) is 13.5. The van der Waals surface area contributed by atoms with Gasteiger partial charge in [0.05, 0.1) is 6.10 Å². The zero-order valence-corrected chi connectivity index (χ0v) is 11.4. The summed E-state index contributed by atoms with van der Waals surface area (Å²) in [6, 6.07) is 3.65. The van der Waals surface area contributed by atoms with E-state index in [0.29, 0.717) is 0 Å². The van der Waals surface area contributed by atoms with Crippen LogP contribution in [0, 0.1) is 6.92 Å². The molecule has 0 aromatic heterocycles. The van der Waals surface area contributed by atoms with E-state index in [0.717, 1.165) is 22.4 Å². The number of aliphatic hydroxyl groups excluding tert-OH is 1. The van der Waals surface area contributed by atoms with Gasteiger partial charge in [-0.25, -0.2) is 0 Å². The van der Waals surface area contributed by atoms with Crippen LogP contribution in [0.2, 0.25) is 0 Å². The Balaban J connectivity index is 2.44. The van der Waals surface area contributed by atoms with Crippen LogP contribution in [0.1, 0.15) is 43.6 Å². The van der Waals surface area contributed by atoms with Crippen LogP contribution in [0.3, 0.4) is 0 Å². The first-order chi connectivity index (χ1) is 8.30. The fraction of sp³-hybridized carbons (Fsp3) is 0.467. The Hall–Kier alpha value is -1.32. The van der Waals surface area contributed by atoms with E-state index in [9.17, 15) is 5.11 Å². The minimum Gasteiger partial charge on any atom is -0.483 e. The summed E-state index contributed by atoms with van der Waals surface area (Å²) in [5.74, 6) is 0.862. The molecule has 1 heterocycles. The Kier molecular flexibility index (Phi) is 3.21. The lowest BCUT2D eigenvalue weighted by Crippen LogP contribution is -2.28. The first-order valence-electron chi connectivity index (χ1n) is 6.26. The number of benzene rings is 1. The van der Waals surface area contributed by atoms with Gasteiger partial charge in [0.15, 0.2) is 0 Å². The number of aryl methyl sites for hydroxylation is 1. The minimum atomic E-state index is -0.640. The molecule has 98 valence electrons. The van der Waals surface area contributed by atoms with E-state index in [-0.39, 0.29) is 11.6 Å². The van der Waals surface area contributed by atoms with Crippen molar-refractivity contribution in [2.75, 3.05) is 0 Å². The third-order valence-corrected chi connectivity index (χ3v) is 3.25. The van der Waals surface area contributed by atoms with Crippen LogP contribution in [-0.4, -0.2) is 16.7 Å². The first-order valence-corrected chi connectivity index (χ1v) is 6.26. The Bertz CT molecular complexity index is 490. The summed E-state index contributed by atoms with van der Waals surface area (Å²) in [5, 5.41) is 10.1. The average molecular weight is 247 g/mol. The SMILES string of the molecule is Cc1cc2c(cc1C(O)C(C)N)C=CC(C)(C)O2.